The Morgan fingerprint density at radius 3 is 1.63 bits per heavy atom. The maximum absolute atomic E-state index is 2.44. The number of aromatic nitrogens is 1. The lowest BCUT2D eigenvalue weighted by atomic mass is 9.67. The van der Waals surface area contributed by atoms with Gasteiger partial charge in [-0.25, -0.2) is 0 Å². The molecular formula is C55H38N2. The molecule has 0 spiro atoms. The van der Waals surface area contributed by atoms with Gasteiger partial charge in [-0.2, -0.15) is 0 Å². The molecule has 0 N–H and O–H groups in total. The monoisotopic (exact) mass is 726 g/mol. The number of fused-ring (bicyclic) bond motifs is 6. The molecule has 1 heterocycles. The molecule has 1 aliphatic carbocycles. The Labute approximate surface area is 333 Å². The van der Waals surface area contributed by atoms with E-state index in [1.165, 1.54) is 66.3 Å². The Hall–Kier alpha value is -7.42. The molecule has 57 heavy (non-hydrogen) atoms. The van der Waals surface area contributed by atoms with E-state index in [4.69, 9.17) is 0 Å². The molecule has 268 valence electrons. The first-order valence-corrected chi connectivity index (χ1v) is 19.7. The molecule has 10 aromatic rings. The van der Waals surface area contributed by atoms with E-state index in [1.807, 2.05) is 0 Å². The lowest BCUT2D eigenvalue weighted by Crippen LogP contribution is -2.28. The minimum atomic E-state index is -0.438. The highest BCUT2D eigenvalue weighted by molar-refractivity contribution is 6.16. The number of benzene rings is 9. The summed E-state index contributed by atoms with van der Waals surface area (Å²) < 4.78 is 2.39. The van der Waals surface area contributed by atoms with Crippen LogP contribution in [0.4, 0.5) is 17.1 Å². The summed E-state index contributed by atoms with van der Waals surface area (Å²) in [5.74, 6) is 0. The molecule has 0 aliphatic heterocycles. The second kappa shape index (κ2) is 13.4. The summed E-state index contributed by atoms with van der Waals surface area (Å²) in [4.78, 5) is 2.41. The van der Waals surface area contributed by atoms with Crippen LogP contribution >= 0.6 is 0 Å². The zero-order chi connectivity index (χ0) is 37.8. The zero-order valence-corrected chi connectivity index (χ0v) is 31.3. The van der Waals surface area contributed by atoms with Crippen molar-refractivity contribution in [2.75, 3.05) is 4.90 Å². The topological polar surface area (TPSA) is 8.17 Å². The lowest BCUT2D eigenvalue weighted by molar-refractivity contribution is 0.769. The van der Waals surface area contributed by atoms with Crippen LogP contribution in [0, 0.1) is 0 Å². The van der Waals surface area contributed by atoms with Crippen LogP contribution in [0.1, 0.15) is 22.3 Å². The Balaban J connectivity index is 1.07. The summed E-state index contributed by atoms with van der Waals surface area (Å²) in [5.41, 5.74) is 16.6. The summed E-state index contributed by atoms with van der Waals surface area (Å²) in [6, 6.07) is 84.1. The van der Waals surface area contributed by atoms with Gasteiger partial charge in [0.05, 0.1) is 22.1 Å². The molecule has 9 aromatic carbocycles. The third-order valence-electron chi connectivity index (χ3n) is 11.9. The summed E-state index contributed by atoms with van der Waals surface area (Å²) in [6.07, 6.45) is 0. The largest absolute Gasteiger partial charge is 0.310 e. The van der Waals surface area contributed by atoms with Crippen molar-refractivity contribution in [1.82, 2.24) is 4.57 Å². The molecule has 0 unspecified atom stereocenters. The molecule has 0 saturated heterocycles. The standard InChI is InChI=1S/C55H38N2/c1-5-18-41(19-6-1)55(42-20-7-2-8-21-42)49-28-15-13-26-46(49)47-37-34-40(38-50(47)55)39-32-35-45(36-33-39)56(43-22-9-3-10-23-43)52-30-17-31-53-54(52)48-27-14-16-29-51(48)57(53)44-24-11-4-12-25-44/h1-38H. The molecule has 0 radical (unpaired) electrons. The van der Waals surface area contributed by atoms with Crippen LogP contribution in [0.15, 0.2) is 231 Å². The first-order valence-electron chi connectivity index (χ1n) is 19.7. The maximum Gasteiger partial charge on any atom is 0.0713 e. The normalized spacial score (nSPS) is 12.7. The molecule has 0 fully saturated rings. The molecule has 2 nitrogen and oxygen atoms in total. The highest BCUT2D eigenvalue weighted by Gasteiger charge is 2.46. The fraction of sp³-hybridized carbons (Fsp3) is 0.0182. The summed E-state index contributed by atoms with van der Waals surface area (Å²) in [7, 11) is 0. The first-order chi connectivity index (χ1) is 28.3. The number of hydrogen-bond acceptors (Lipinski definition) is 1. The van der Waals surface area contributed by atoms with Gasteiger partial charge in [-0.15, -0.1) is 0 Å². The van der Waals surface area contributed by atoms with Crippen LogP contribution < -0.4 is 4.90 Å². The molecule has 0 atom stereocenters. The van der Waals surface area contributed by atoms with E-state index in [-0.39, 0.29) is 0 Å². The van der Waals surface area contributed by atoms with Gasteiger partial charge in [0.1, 0.15) is 0 Å². The van der Waals surface area contributed by atoms with E-state index >= 15 is 0 Å². The van der Waals surface area contributed by atoms with Crippen molar-refractivity contribution >= 4 is 38.9 Å². The van der Waals surface area contributed by atoms with Crippen LogP contribution in [0.3, 0.4) is 0 Å². The third kappa shape index (κ3) is 5.11. The quantitative estimate of drug-likeness (QED) is 0.159. The number of nitrogens with zero attached hydrogens (tertiary/aromatic N) is 2. The van der Waals surface area contributed by atoms with Crippen molar-refractivity contribution in [3.8, 4) is 27.9 Å². The number of anilines is 3. The average Bonchev–Trinajstić information content (AvgIpc) is 3.79. The Kier molecular flexibility index (Phi) is 7.75. The van der Waals surface area contributed by atoms with Crippen LogP contribution in [-0.4, -0.2) is 4.57 Å². The summed E-state index contributed by atoms with van der Waals surface area (Å²) in [5, 5.41) is 2.45. The van der Waals surface area contributed by atoms with Crippen molar-refractivity contribution in [1.29, 1.82) is 0 Å². The summed E-state index contributed by atoms with van der Waals surface area (Å²) >= 11 is 0. The molecule has 0 bridgehead atoms. The predicted molar refractivity (Wildman–Crippen MR) is 238 cm³/mol. The maximum atomic E-state index is 2.44. The van der Waals surface area contributed by atoms with Crippen LogP contribution in [-0.2, 0) is 5.41 Å². The van der Waals surface area contributed by atoms with Gasteiger partial charge in [0.2, 0.25) is 0 Å². The van der Waals surface area contributed by atoms with Crippen LogP contribution in [0.5, 0.6) is 0 Å². The number of hydrogen-bond donors (Lipinski definition) is 0. The highest BCUT2D eigenvalue weighted by Crippen LogP contribution is 2.56. The van der Waals surface area contributed by atoms with Gasteiger partial charge >= 0.3 is 0 Å². The van der Waals surface area contributed by atoms with Gasteiger partial charge in [0.25, 0.3) is 0 Å². The van der Waals surface area contributed by atoms with E-state index in [2.05, 4.69) is 240 Å². The molecule has 1 aromatic heterocycles. The van der Waals surface area contributed by atoms with E-state index in [9.17, 15) is 0 Å². The van der Waals surface area contributed by atoms with Crippen LogP contribution in [0.2, 0.25) is 0 Å². The highest BCUT2D eigenvalue weighted by atomic mass is 15.1. The van der Waals surface area contributed by atoms with E-state index < -0.39 is 5.41 Å². The van der Waals surface area contributed by atoms with Crippen molar-refractivity contribution in [2.24, 2.45) is 0 Å². The molecular weight excluding hydrogens is 689 g/mol. The van der Waals surface area contributed by atoms with Crippen molar-refractivity contribution in [2.45, 2.75) is 5.41 Å². The fourth-order valence-corrected chi connectivity index (χ4v) is 9.47. The fourth-order valence-electron chi connectivity index (χ4n) is 9.47. The Bertz CT molecular complexity index is 3000. The van der Waals surface area contributed by atoms with Gasteiger partial charge in [-0.1, -0.05) is 170 Å². The Morgan fingerprint density at radius 1 is 0.368 bits per heavy atom. The second-order valence-corrected chi connectivity index (χ2v) is 14.9. The minimum absolute atomic E-state index is 0.438. The van der Waals surface area contributed by atoms with E-state index in [0.717, 1.165) is 22.7 Å². The van der Waals surface area contributed by atoms with E-state index in [0.29, 0.717) is 0 Å². The molecule has 1 aliphatic rings. The van der Waals surface area contributed by atoms with Crippen LogP contribution in [0.25, 0.3) is 49.7 Å². The number of rotatable bonds is 7. The summed E-state index contributed by atoms with van der Waals surface area (Å²) in [6.45, 7) is 0. The van der Waals surface area contributed by atoms with Gasteiger partial charge < -0.3 is 9.47 Å². The Morgan fingerprint density at radius 2 is 0.912 bits per heavy atom. The SMILES string of the molecule is c1ccc(N(c2ccc(-c3ccc4c(c3)C(c3ccccc3)(c3ccccc3)c3ccccc3-4)cc2)c2cccc3c2c2ccccc2n3-c2ccccc2)cc1. The van der Waals surface area contributed by atoms with Gasteiger partial charge in [0, 0.05) is 27.8 Å². The smallest absolute Gasteiger partial charge is 0.0713 e. The van der Waals surface area contributed by atoms with Crippen molar-refractivity contribution in [3.05, 3.63) is 253 Å². The molecule has 11 rings (SSSR count). The molecule has 2 heteroatoms. The van der Waals surface area contributed by atoms with Crippen molar-refractivity contribution in [3.63, 3.8) is 0 Å². The van der Waals surface area contributed by atoms with Gasteiger partial charge in [-0.3, -0.25) is 0 Å². The molecule has 0 saturated carbocycles. The van der Waals surface area contributed by atoms with E-state index in [1.54, 1.807) is 0 Å². The van der Waals surface area contributed by atoms with Gasteiger partial charge in [0.15, 0.2) is 0 Å². The predicted octanol–water partition coefficient (Wildman–Crippen LogP) is 14.3. The second-order valence-electron chi connectivity index (χ2n) is 14.9. The van der Waals surface area contributed by atoms with Crippen molar-refractivity contribution < 1.29 is 0 Å². The molecule has 0 amide bonds. The first kappa shape index (κ1) is 33.0. The minimum Gasteiger partial charge on any atom is -0.310 e. The lowest BCUT2D eigenvalue weighted by Gasteiger charge is -2.34. The number of para-hydroxylation sites is 3. The third-order valence-corrected chi connectivity index (χ3v) is 11.9. The zero-order valence-electron chi connectivity index (χ0n) is 31.3. The van der Waals surface area contributed by atoms with Gasteiger partial charge in [-0.05, 0) is 105 Å². The average molecular weight is 727 g/mol.